The third-order valence-electron chi connectivity index (χ3n) is 3.43. The van der Waals surface area contributed by atoms with Gasteiger partial charge in [0, 0.05) is 24.4 Å². The lowest BCUT2D eigenvalue weighted by molar-refractivity contribution is -0.127. The van der Waals surface area contributed by atoms with Gasteiger partial charge in [-0.15, -0.1) is 0 Å². The molecule has 20 heavy (non-hydrogen) atoms. The SMILES string of the molecule is CCc1cnccc1-c1noc(C2COCCC2=O)n1. The quantitative estimate of drug-likeness (QED) is 0.848. The average Bonchev–Trinajstić information content (AvgIpc) is 2.97. The van der Waals surface area contributed by atoms with Crippen LogP contribution in [0.15, 0.2) is 23.0 Å². The molecule has 6 nitrogen and oxygen atoms in total. The van der Waals surface area contributed by atoms with E-state index in [-0.39, 0.29) is 5.78 Å². The van der Waals surface area contributed by atoms with E-state index in [1.165, 1.54) is 0 Å². The van der Waals surface area contributed by atoms with E-state index in [1.807, 2.05) is 13.0 Å². The average molecular weight is 273 g/mol. The van der Waals surface area contributed by atoms with Crippen LogP contribution in [0.2, 0.25) is 0 Å². The molecule has 2 aromatic heterocycles. The van der Waals surface area contributed by atoms with E-state index in [9.17, 15) is 4.79 Å². The Morgan fingerprint density at radius 1 is 1.45 bits per heavy atom. The Kier molecular flexibility index (Phi) is 3.56. The fourth-order valence-electron chi connectivity index (χ4n) is 2.26. The molecule has 1 unspecified atom stereocenters. The van der Waals surface area contributed by atoms with Gasteiger partial charge in [0.2, 0.25) is 11.7 Å². The molecule has 0 radical (unpaired) electrons. The fourth-order valence-corrected chi connectivity index (χ4v) is 2.26. The summed E-state index contributed by atoms with van der Waals surface area (Å²) < 4.78 is 10.6. The molecular weight excluding hydrogens is 258 g/mol. The molecule has 0 amide bonds. The van der Waals surface area contributed by atoms with Crippen LogP contribution in [0.3, 0.4) is 0 Å². The molecule has 0 aliphatic carbocycles. The van der Waals surface area contributed by atoms with E-state index >= 15 is 0 Å². The molecule has 1 aliphatic heterocycles. The lowest BCUT2D eigenvalue weighted by Gasteiger charge is -2.17. The predicted molar refractivity (Wildman–Crippen MR) is 70.1 cm³/mol. The summed E-state index contributed by atoms with van der Waals surface area (Å²) in [6, 6.07) is 1.85. The van der Waals surface area contributed by atoms with Crippen molar-refractivity contribution in [2.45, 2.75) is 25.7 Å². The van der Waals surface area contributed by atoms with Crippen LogP contribution in [-0.2, 0) is 16.0 Å². The molecule has 1 aliphatic rings. The molecule has 0 N–H and O–H groups in total. The van der Waals surface area contributed by atoms with Crippen molar-refractivity contribution in [3.05, 3.63) is 29.9 Å². The summed E-state index contributed by atoms with van der Waals surface area (Å²) in [7, 11) is 0. The van der Waals surface area contributed by atoms with Crippen LogP contribution < -0.4 is 0 Å². The highest BCUT2D eigenvalue weighted by molar-refractivity contribution is 5.85. The second kappa shape index (κ2) is 5.50. The van der Waals surface area contributed by atoms with Gasteiger partial charge in [0.15, 0.2) is 0 Å². The number of ketones is 1. The maximum absolute atomic E-state index is 11.8. The Hall–Kier alpha value is -2.08. The molecule has 0 bridgehead atoms. The Balaban J connectivity index is 1.92. The maximum atomic E-state index is 11.8. The number of carbonyl (C=O) groups is 1. The lowest BCUT2D eigenvalue weighted by Crippen LogP contribution is -2.25. The molecule has 0 aromatic carbocycles. The van der Waals surface area contributed by atoms with E-state index in [2.05, 4.69) is 15.1 Å². The van der Waals surface area contributed by atoms with Crippen LogP contribution in [0.25, 0.3) is 11.4 Å². The zero-order chi connectivity index (χ0) is 13.9. The normalized spacial score (nSPS) is 19.2. The third-order valence-corrected chi connectivity index (χ3v) is 3.43. The molecule has 6 heteroatoms. The van der Waals surface area contributed by atoms with Crippen LogP contribution in [0.1, 0.15) is 30.7 Å². The van der Waals surface area contributed by atoms with Crippen LogP contribution in [-0.4, -0.2) is 34.1 Å². The van der Waals surface area contributed by atoms with Gasteiger partial charge < -0.3 is 9.26 Å². The summed E-state index contributed by atoms with van der Waals surface area (Å²) in [5.74, 6) is 0.495. The van der Waals surface area contributed by atoms with Crippen LogP contribution in [0.4, 0.5) is 0 Å². The first-order valence-corrected chi connectivity index (χ1v) is 6.67. The van der Waals surface area contributed by atoms with E-state index in [1.54, 1.807) is 12.4 Å². The fraction of sp³-hybridized carbons (Fsp3) is 0.429. The monoisotopic (exact) mass is 273 g/mol. The first-order valence-electron chi connectivity index (χ1n) is 6.67. The molecule has 0 saturated carbocycles. The molecule has 1 atom stereocenters. The smallest absolute Gasteiger partial charge is 0.239 e. The zero-order valence-corrected chi connectivity index (χ0v) is 11.2. The number of ether oxygens (including phenoxy) is 1. The molecule has 0 spiro atoms. The van der Waals surface area contributed by atoms with Crippen molar-refractivity contribution in [2.75, 3.05) is 13.2 Å². The van der Waals surface area contributed by atoms with E-state index in [0.717, 1.165) is 17.5 Å². The van der Waals surface area contributed by atoms with Crippen molar-refractivity contribution in [1.82, 2.24) is 15.1 Å². The minimum Gasteiger partial charge on any atom is -0.380 e. The van der Waals surface area contributed by atoms with Gasteiger partial charge in [0.25, 0.3) is 0 Å². The summed E-state index contributed by atoms with van der Waals surface area (Å²) in [5, 5.41) is 3.98. The van der Waals surface area contributed by atoms with Crippen molar-refractivity contribution in [3.63, 3.8) is 0 Å². The van der Waals surface area contributed by atoms with Crippen molar-refractivity contribution < 1.29 is 14.1 Å². The Morgan fingerprint density at radius 2 is 2.35 bits per heavy atom. The van der Waals surface area contributed by atoms with Crippen LogP contribution >= 0.6 is 0 Å². The summed E-state index contributed by atoms with van der Waals surface area (Å²) in [6.45, 7) is 2.83. The zero-order valence-electron chi connectivity index (χ0n) is 11.2. The number of hydrogen-bond acceptors (Lipinski definition) is 6. The highest BCUT2D eigenvalue weighted by atomic mass is 16.5. The first-order chi connectivity index (χ1) is 9.79. The van der Waals surface area contributed by atoms with E-state index in [0.29, 0.717) is 31.3 Å². The highest BCUT2D eigenvalue weighted by Gasteiger charge is 2.30. The van der Waals surface area contributed by atoms with Crippen LogP contribution in [0, 0.1) is 0 Å². The molecule has 1 fully saturated rings. The standard InChI is InChI=1S/C14H15N3O3/c1-2-9-7-15-5-3-10(9)13-16-14(20-17-13)11-8-19-6-4-12(11)18/h3,5,7,11H,2,4,6,8H2,1H3. The number of Topliss-reactive ketones (excluding diaryl/α,β-unsaturated/α-hetero) is 1. The molecular formula is C14H15N3O3. The first kappa shape index (κ1) is 12.9. The number of aryl methyl sites for hydroxylation is 1. The molecule has 2 aromatic rings. The van der Waals surface area contributed by atoms with Crippen molar-refractivity contribution in [1.29, 1.82) is 0 Å². The minimum absolute atomic E-state index is 0.0943. The largest absolute Gasteiger partial charge is 0.380 e. The van der Waals surface area contributed by atoms with Crippen molar-refractivity contribution >= 4 is 5.78 Å². The maximum Gasteiger partial charge on any atom is 0.239 e. The summed E-state index contributed by atoms with van der Waals surface area (Å²) in [5.41, 5.74) is 1.94. The second-order valence-electron chi connectivity index (χ2n) is 4.69. The number of pyridine rings is 1. The number of aromatic nitrogens is 3. The molecule has 104 valence electrons. The number of carbonyl (C=O) groups excluding carboxylic acids is 1. The summed E-state index contributed by atoms with van der Waals surface area (Å²) >= 11 is 0. The van der Waals surface area contributed by atoms with Gasteiger partial charge in [-0.3, -0.25) is 9.78 Å². The van der Waals surface area contributed by atoms with Crippen molar-refractivity contribution in [3.8, 4) is 11.4 Å². The highest BCUT2D eigenvalue weighted by Crippen LogP contribution is 2.25. The lowest BCUT2D eigenvalue weighted by atomic mass is 10.0. The number of hydrogen-bond donors (Lipinski definition) is 0. The van der Waals surface area contributed by atoms with Gasteiger partial charge in [0.1, 0.15) is 11.7 Å². The van der Waals surface area contributed by atoms with Crippen molar-refractivity contribution in [2.24, 2.45) is 0 Å². The van der Waals surface area contributed by atoms with Gasteiger partial charge in [-0.25, -0.2) is 0 Å². The Bertz CT molecular complexity index is 624. The Labute approximate surface area is 116 Å². The van der Waals surface area contributed by atoms with Gasteiger partial charge in [-0.2, -0.15) is 4.98 Å². The molecule has 3 heterocycles. The van der Waals surface area contributed by atoms with Gasteiger partial charge in [0.05, 0.1) is 13.2 Å². The second-order valence-corrected chi connectivity index (χ2v) is 4.69. The molecule has 1 saturated heterocycles. The van der Waals surface area contributed by atoms with Gasteiger partial charge >= 0.3 is 0 Å². The topological polar surface area (TPSA) is 78.1 Å². The number of rotatable bonds is 3. The van der Waals surface area contributed by atoms with E-state index < -0.39 is 5.92 Å². The predicted octanol–water partition coefficient (Wildman–Crippen LogP) is 1.77. The summed E-state index contributed by atoms with van der Waals surface area (Å²) in [4.78, 5) is 20.3. The van der Waals surface area contributed by atoms with E-state index in [4.69, 9.17) is 9.26 Å². The number of nitrogens with zero attached hydrogens (tertiary/aromatic N) is 3. The van der Waals surface area contributed by atoms with Gasteiger partial charge in [-0.1, -0.05) is 12.1 Å². The minimum atomic E-state index is -0.433. The van der Waals surface area contributed by atoms with Gasteiger partial charge in [-0.05, 0) is 18.1 Å². The molecule has 3 rings (SSSR count). The third kappa shape index (κ3) is 2.34. The van der Waals surface area contributed by atoms with Crippen LogP contribution in [0.5, 0.6) is 0 Å². The Morgan fingerprint density at radius 3 is 3.15 bits per heavy atom. The summed E-state index contributed by atoms with van der Waals surface area (Å²) in [6.07, 6.45) is 4.72.